The van der Waals surface area contributed by atoms with Crippen molar-refractivity contribution in [3.8, 4) is 5.75 Å². The third-order valence-electron chi connectivity index (χ3n) is 1.93. The molecule has 0 atom stereocenters. The molecule has 76 valence electrons. The monoisotopic (exact) mass is 217 g/mol. The van der Waals surface area contributed by atoms with E-state index in [1.807, 2.05) is 42.6 Å². The van der Waals surface area contributed by atoms with Gasteiger partial charge >= 0.3 is 0 Å². The first-order valence-corrected chi connectivity index (χ1v) is 5.42. The quantitative estimate of drug-likeness (QED) is 0.788. The molecule has 0 aliphatic carbocycles. The molecule has 1 aromatic carbocycles. The highest BCUT2D eigenvalue weighted by atomic mass is 32.2. The standard InChI is InChI=1S/C12H11NOS/c1-14-11-6-2-3-7-12(11)15-10-5-4-8-13-9-10/h2-9H,1H3. The lowest BCUT2D eigenvalue weighted by molar-refractivity contribution is 0.405. The van der Waals surface area contributed by atoms with E-state index in [0.717, 1.165) is 15.5 Å². The second kappa shape index (κ2) is 4.84. The van der Waals surface area contributed by atoms with Gasteiger partial charge in [0.2, 0.25) is 0 Å². The van der Waals surface area contributed by atoms with Crippen LogP contribution < -0.4 is 4.74 Å². The van der Waals surface area contributed by atoms with Crippen molar-refractivity contribution in [1.82, 2.24) is 4.98 Å². The van der Waals surface area contributed by atoms with Crippen LogP contribution >= 0.6 is 11.8 Å². The highest BCUT2D eigenvalue weighted by Gasteiger charge is 2.02. The maximum absolute atomic E-state index is 5.28. The summed E-state index contributed by atoms with van der Waals surface area (Å²) < 4.78 is 5.28. The second-order valence-corrected chi connectivity index (χ2v) is 4.06. The SMILES string of the molecule is COc1ccccc1Sc1cccnc1. The third kappa shape index (κ3) is 2.50. The third-order valence-corrected chi connectivity index (χ3v) is 2.97. The minimum atomic E-state index is 0.895. The number of para-hydroxylation sites is 1. The molecule has 0 saturated heterocycles. The van der Waals surface area contributed by atoms with Crippen molar-refractivity contribution in [3.05, 3.63) is 48.8 Å². The van der Waals surface area contributed by atoms with Crippen molar-refractivity contribution < 1.29 is 4.74 Å². The van der Waals surface area contributed by atoms with Crippen LogP contribution in [0.1, 0.15) is 0 Å². The summed E-state index contributed by atoms with van der Waals surface area (Å²) in [7, 11) is 1.68. The van der Waals surface area contributed by atoms with E-state index in [4.69, 9.17) is 4.74 Å². The van der Waals surface area contributed by atoms with Gasteiger partial charge in [-0.1, -0.05) is 23.9 Å². The van der Waals surface area contributed by atoms with Gasteiger partial charge in [0.25, 0.3) is 0 Å². The highest BCUT2D eigenvalue weighted by molar-refractivity contribution is 7.99. The zero-order chi connectivity index (χ0) is 10.5. The molecule has 2 nitrogen and oxygen atoms in total. The lowest BCUT2D eigenvalue weighted by Gasteiger charge is -2.06. The average molecular weight is 217 g/mol. The summed E-state index contributed by atoms with van der Waals surface area (Å²) >= 11 is 1.65. The predicted octanol–water partition coefficient (Wildman–Crippen LogP) is 3.24. The molecule has 0 bridgehead atoms. The van der Waals surface area contributed by atoms with E-state index >= 15 is 0 Å². The van der Waals surface area contributed by atoms with E-state index in [9.17, 15) is 0 Å². The van der Waals surface area contributed by atoms with Crippen molar-refractivity contribution >= 4 is 11.8 Å². The molecule has 1 aromatic heterocycles. The zero-order valence-electron chi connectivity index (χ0n) is 8.38. The molecule has 0 aliphatic rings. The van der Waals surface area contributed by atoms with Gasteiger partial charge in [-0.3, -0.25) is 4.98 Å². The number of methoxy groups -OCH3 is 1. The van der Waals surface area contributed by atoms with Crippen LogP contribution in [-0.2, 0) is 0 Å². The second-order valence-electron chi connectivity index (χ2n) is 2.94. The van der Waals surface area contributed by atoms with Crippen LogP contribution in [0.25, 0.3) is 0 Å². The first kappa shape index (κ1) is 10.1. The molecule has 15 heavy (non-hydrogen) atoms. The van der Waals surface area contributed by atoms with Crippen LogP contribution in [0.4, 0.5) is 0 Å². The number of pyridine rings is 1. The summed E-state index contributed by atoms with van der Waals surface area (Å²) in [6, 6.07) is 11.9. The van der Waals surface area contributed by atoms with Crippen molar-refractivity contribution in [2.45, 2.75) is 9.79 Å². The van der Waals surface area contributed by atoms with Gasteiger partial charge in [-0.15, -0.1) is 0 Å². The summed E-state index contributed by atoms with van der Waals surface area (Å²) in [5.74, 6) is 0.895. The zero-order valence-corrected chi connectivity index (χ0v) is 9.20. The summed E-state index contributed by atoms with van der Waals surface area (Å²) in [4.78, 5) is 6.29. The maximum Gasteiger partial charge on any atom is 0.132 e. The molecule has 0 fully saturated rings. The van der Waals surface area contributed by atoms with Crippen LogP contribution in [0.2, 0.25) is 0 Å². The molecule has 0 amide bonds. The van der Waals surface area contributed by atoms with Crippen LogP contribution in [0.5, 0.6) is 5.75 Å². The first-order valence-electron chi connectivity index (χ1n) is 4.61. The Bertz CT molecular complexity index is 431. The fourth-order valence-corrected chi connectivity index (χ4v) is 2.15. The topological polar surface area (TPSA) is 22.1 Å². The highest BCUT2D eigenvalue weighted by Crippen LogP contribution is 2.33. The van der Waals surface area contributed by atoms with Crippen LogP contribution in [0, 0.1) is 0 Å². The molecule has 0 radical (unpaired) electrons. The number of benzene rings is 1. The van der Waals surface area contributed by atoms with Gasteiger partial charge in [0.05, 0.1) is 12.0 Å². The van der Waals surface area contributed by atoms with Gasteiger partial charge in [0.15, 0.2) is 0 Å². The Morgan fingerprint density at radius 3 is 2.73 bits per heavy atom. The van der Waals surface area contributed by atoms with Crippen molar-refractivity contribution in [1.29, 1.82) is 0 Å². The maximum atomic E-state index is 5.28. The molecule has 0 spiro atoms. The van der Waals surface area contributed by atoms with Crippen molar-refractivity contribution in [2.75, 3.05) is 7.11 Å². The predicted molar refractivity (Wildman–Crippen MR) is 61.4 cm³/mol. The molecule has 0 aliphatic heterocycles. The van der Waals surface area contributed by atoms with E-state index in [2.05, 4.69) is 4.98 Å². The summed E-state index contributed by atoms with van der Waals surface area (Å²) in [5.41, 5.74) is 0. The Hall–Kier alpha value is -1.48. The molecule has 0 saturated carbocycles. The Morgan fingerprint density at radius 1 is 1.13 bits per heavy atom. The Labute approximate surface area is 93.3 Å². The van der Waals surface area contributed by atoms with Gasteiger partial charge in [0, 0.05) is 17.3 Å². The number of aromatic nitrogens is 1. The molecule has 0 N–H and O–H groups in total. The molecule has 2 aromatic rings. The Kier molecular flexibility index (Phi) is 3.25. The Balaban J connectivity index is 2.24. The van der Waals surface area contributed by atoms with Gasteiger partial charge in [-0.2, -0.15) is 0 Å². The summed E-state index contributed by atoms with van der Waals surface area (Å²) in [5, 5.41) is 0. The van der Waals surface area contributed by atoms with Gasteiger partial charge < -0.3 is 4.74 Å². The minimum absolute atomic E-state index is 0.895. The lowest BCUT2D eigenvalue weighted by atomic mass is 10.3. The minimum Gasteiger partial charge on any atom is -0.496 e. The smallest absolute Gasteiger partial charge is 0.132 e. The number of rotatable bonds is 3. The Morgan fingerprint density at radius 2 is 2.00 bits per heavy atom. The van der Waals surface area contributed by atoms with E-state index < -0.39 is 0 Å². The summed E-state index contributed by atoms with van der Waals surface area (Å²) in [6.45, 7) is 0. The van der Waals surface area contributed by atoms with Crippen molar-refractivity contribution in [2.24, 2.45) is 0 Å². The van der Waals surface area contributed by atoms with E-state index in [0.29, 0.717) is 0 Å². The average Bonchev–Trinajstić information content (AvgIpc) is 2.31. The molecule has 1 heterocycles. The fourth-order valence-electron chi connectivity index (χ4n) is 1.24. The van der Waals surface area contributed by atoms with Crippen LogP contribution in [0.15, 0.2) is 58.6 Å². The number of ether oxygens (including phenoxy) is 1. The molecule has 2 rings (SSSR count). The fraction of sp³-hybridized carbons (Fsp3) is 0.0833. The number of nitrogens with zero attached hydrogens (tertiary/aromatic N) is 1. The number of hydrogen-bond donors (Lipinski definition) is 0. The lowest BCUT2D eigenvalue weighted by Crippen LogP contribution is -1.85. The van der Waals surface area contributed by atoms with Gasteiger partial charge in [-0.25, -0.2) is 0 Å². The molecular weight excluding hydrogens is 206 g/mol. The molecular formula is C12H11NOS. The van der Waals surface area contributed by atoms with Crippen molar-refractivity contribution in [3.63, 3.8) is 0 Å². The molecule has 0 unspecified atom stereocenters. The first-order chi connectivity index (χ1) is 7.40. The van der Waals surface area contributed by atoms with E-state index in [1.165, 1.54) is 0 Å². The van der Waals surface area contributed by atoms with Gasteiger partial charge in [0.1, 0.15) is 5.75 Å². The van der Waals surface area contributed by atoms with E-state index in [1.54, 1.807) is 25.1 Å². The van der Waals surface area contributed by atoms with Gasteiger partial charge in [-0.05, 0) is 24.3 Å². The largest absolute Gasteiger partial charge is 0.496 e. The van der Waals surface area contributed by atoms with Crippen LogP contribution in [0.3, 0.4) is 0 Å². The molecule has 3 heteroatoms. The number of hydrogen-bond acceptors (Lipinski definition) is 3. The van der Waals surface area contributed by atoms with Crippen LogP contribution in [-0.4, -0.2) is 12.1 Å². The van der Waals surface area contributed by atoms with E-state index in [-0.39, 0.29) is 0 Å². The normalized spacial score (nSPS) is 9.93. The summed E-state index contributed by atoms with van der Waals surface area (Å²) in [6.07, 6.45) is 3.61.